The Balaban J connectivity index is 1.46. The zero-order valence-corrected chi connectivity index (χ0v) is 18.1. The van der Waals surface area contributed by atoms with Gasteiger partial charge in [0.1, 0.15) is 0 Å². The van der Waals surface area contributed by atoms with Crippen molar-refractivity contribution in [2.45, 2.75) is 18.9 Å². The van der Waals surface area contributed by atoms with Crippen LogP contribution in [0.2, 0.25) is 0 Å². The number of hydrogen-bond acceptors (Lipinski definition) is 3. The van der Waals surface area contributed by atoms with Crippen molar-refractivity contribution in [3.8, 4) is 0 Å². The predicted octanol–water partition coefficient (Wildman–Crippen LogP) is 4.85. The molecule has 0 bridgehead atoms. The van der Waals surface area contributed by atoms with Crippen LogP contribution in [0.3, 0.4) is 0 Å². The number of nitrogens with one attached hydrogen (secondary N) is 3. The Kier molecular flexibility index (Phi) is 6.13. The largest absolute Gasteiger partial charge is 0.349 e. The molecule has 3 amide bonds. The van der Waals surface area contributed by atoms with E-state index in [4.69, 9.17) is 0 Å². The van der Waals surface area contributed by atoms with Crippen LogP contribution in [-0.4, -0.2) is 23.8 Å². The zero-order chi connectivity index (χ0) is 21.8. The lowest BCUT2D eigenvalue weighted by molar-refractivity contribution is 0.0949. The van der Waals surface area contributed by atoms with Crippen molar-refractivity contribution in [3.63, 3.8) is 0 Å². The molecule has 1 saturated carbocycles. The van der Waals surface area contributed by atoms with Gasteiger partial charge in [-0.15, -0.1) is 0 Å². The minimum atomic E-state index is -0.363. The van der Waals surface area contributed by atoms with Gasteiger partial charge in [-0.25, -0.2) is 0 Å². The molecule has 3 aromatic rings. The van der Waals surface area contributed by atoms with Crippen molar-refractivity contribution in [1.29, 1.82) is 0 Å². The van der Waals surface area contributed by atoms with Gasteiger partial charge in [0, 0.05) is 21.8 Å². The average molecular weight is 478 g/mol. The molecule has 0 aromatic heterocycles. The Morgan fingerprint density at radius 1 is 0.710 bits per heavy atom. The van der Waals surface area contributed by atoms with Crippen LogP contribution in [0.5, 0.6) is 0 Å². The summed E-state index contributed by atoms with van der Waals surface area (Å²) in [5, 5.41) is 8.54. The number of carbonyl (C=O) groups excluding carboxylic acids is 3. The molecule has 0 heterocycles. The SMILES string of the molecule is O=C(NC1CC1)c1ccc(NC(=O)c2ccccc2NC(=O)c2ccccc2Br)cc1. The first-order valence-electron chi connectivity index (χ1n) is 9.88. The van der Waals surface area contributed by atoms with Crippen LogP contribution in [0.25, 0.3) is 0 Å². The summed E-state index contributed by atoms with van der Waals surface area (Å²) in [5.74, 6) is -0.794. The molecule has 6 nitrogen and oxygen atoms in total. The highest BCUT2D eigenvalue weighted by Gasteiger charge is 2.23. The highest BCUT2D eigenvalue weighted by Crippen LogP contribution is 2.22. The van der Waals surface area contributed by atoms with Crippen molar-refractivity contribution < 1.29 is 14.4 Å². The lowest BCUT2D eigenvalue weighted by Crippen LogP contribution is -2.25. The van der Waals surface area contributed by atoms with Crippen molar-refractivity contribution >= 4 is 45.0 Å². The topological polar surface area (TPSA) is 87.3 Å². The number of halogens is 1. The van der Waals surface area contributed by atoms with E-state index in [0.29, 0.717) is 32.5 Å². The lowest BCUT2D eigenvalue weighted by Gasteiger charge is -2.12. The lowest BCUT2D eigenvalue weighted by atomic mass is 10.1. The monoisotopic (exact) mass is 477 g/mol. The minimum absolute atomic E-state index is 0.111. The molecule has 0 radical (unpaired) electrons. The predicted molar refractivity (Wildman–Crippen MR) is 123 cm³/mol. The van der Waals surface area contributed by atoms with Crippen molar-refractivity contribution in [1.82, 2.24) is 5.32 Å². The molecule has 0 saturated heterocycles. The van der Waals surface area contributed by atoms with E-state index in [0.717, 1.165) is 12.8 Å². The number of carbonyl (C=O) groups is 3. The number of para-hydroxylation sites is 1. The fourth-order valence-electron chi connectivity index (χ4n) is 3.02. The first kappa shape index (κ1) is 20.8. The maximum atomic E-state index is 12.8. The van der Waals surface area contributed by atoms with E-state index in [2.05, 4.69) is 31.9 Å². The molecule has 4 rings (SSSR count). The van der Waals surface area contributed by atoms with E-state index in [-0.39, 0.29) is 23.8 Å². The first-order chi connectivity index (χ1) is 15.0. The Morgan fingerprint density at radius 2 is 1.32 bits per heavy atom. The summed E-state index contributed by atoms with van der Waals surface area (Å²) in [5.41, 5.74) is 2.31. The Morgan fingerprint density at radius 3 is 2.00 bits per heavy atom. The van der Waals surface area contributed by atoms with Gasteiger partial charge in [-0.05, 0) is 77.3 Å². The molecule has 7 heteroatoms. The Hall–Kier alpha value is -3.45. The molecule has 3 aromatic carbocycles. The van der Waals surface area contributed by atoms with Crippen LogP contribution < -0.4 is 16.0 Å². The summed E-state index contributed by atoms with van der Waals surface area (Å²) in [6.07, 6.45) is 2.05. The molecule has 31 heavy (non-hydrogen) atoms. The molecule has 0 atom stereocenters. The second-order valence-electron chi connectivity index (χ2n) is 7.26. The quantitative estimate of drug-likeness (QED) is 0.474. The summed E-state index contributed by atoms with van der Waals surface area (Å²) in [7, 11) is 0. The van der Waals surface area contributed by atoms with Crippen LogP contribution in [0.4, 0.5) is 11.4 Å². The van der Waals surface area contributed by atoms with Crippen molar-refractivity contribution in [2.75, 3.05) is 10.6 Å². The third-order valence-electron chi connectivity index (χ3n) is 4.86. The van der Waals surface area contributed by atoms with E-state index < -0.39 is 0 Å². The maximum absolute atomic E-state index is 12.8. The second kappa shape index (κ2) is 9.14. The number of rotatable bonds is 6. The van der Waals surface area contributed by atoms with E-state index >= 15 is 0 Å². The number of amides is 3. The van der Waals surface area contributed by atoms with Crippen LogP contribution in [0, 0.1) is 0 Å². The number of benzene rings is 3. The van der Waals surface area contributed by atoms with Crippen LogP contribution in [0.1, 0.15) is 43.9 Å². The molecule has 0 unspecified atom stereocenters. The molecule has 1 aliphatic rings. The van der Waals surface area contributed by atoms with Gasteiger partial charge in [-0.1, -0.05) is 24.3 Å². The zero-order valence-electron chi connectivity index (χ0n) is 16.5. The average Bonchev–Trinajstić information content (AvgIpc) is 3.59. The summed E-state index contributed by atoms with van der Waals surface area (Å²) >= 11 is 3.37. The maximum Gasteiger partial charge on any atom is 0.257 e. The third kappa shape index (κ3) is 5.19. The highest BCUT2D eigenvalue weighted by atomic mass is 79.9. The van der Waals surface area contributed by atoms with Gasteiger partial charge in [-0.3, -0.25) is 14.4 Å². The van der Waals surface area contributed by atoms with Gasteiger partial charge in [0.2, 0.25) is 0 Å². The molecule has 156 valence electrons. The van der Waals surface area contributed by atoms with E-state index in [9.17, 15) is 14.4 Å². The van der Waals surface area contributed by atoms with Crippen LogP contribution in [0.15, 0.2) is 77.3 Å². The van der Waals surface area contributed by atoms with E-state index in [1.165, 1.54) is 0 Å². The van der Waals surface area contributed by atoms with Gasteiger partial charge >= 0.3 is 0 Å². The summed E-state index contributed by atoms with van der Waals surface area (Å²) in [4.78, 5) is 37.6. The van der Waals surface area contributed by atoms with Crippen LogP contribution in [-0.2, 0) is 0 Å². The second-order valence-corrected chi connectivity index (χ2v) is 8.11. The summed E-state index contributed by atoms with van der Waals surface area (Å²) in [6.45, 7) is 0. The summed E-state index contributed by atoms with van der Waals surface area (Å²) in [6, 6.07) is 20.9. The number of anilines is 2. The number of hydrogen-bond donors (Lipinski definition) is 3. The molecular formula is C24H20BrN3O3. The van der Waals surface area contributed by atoms with Gasteiger partial charge in [0.05, 0.1) is 16.8 Å². The van der Waals surface area contributed by atoms with E-state index in [1.54, 1.807) is 66.7 Å². The van der Waals surface area contributed by atoms with Crippen molar-refractivity contribution in [2.24, 2.45) is 0 Å². The molecule has 0 aliphatic heterocycles. The Labute approximate surface area is 188 Å². The Bertz CT molecular complexity index is 1140. The smallest absolute Gasteiger partial charge is 0.257 e. The third-order valence-corrected chi connectivity index (χ3v) is 5.55. The molecule has 3 N–H and O–H groups in total. The van der Waals surface area contributed by atoms with E-state index in [1.807, 2.05) is 6.07 Å². The van der Waals surface area contributed by atoms with Gasteiger partial charge < -0.3 is 16.0 Å². The first-order valence-corrected chi connectivity index (χ1v) is 10.7. The van der Waals surface area contributed by atoms with Crippen molar-refractivity contribution in [3.05, 3.63) is 94.0 Å². The minimum Gasteiger partial charge on any atom is -0.349 e. The molecular weight excluding hydrogens is 458 g/mol. The van der Waals surface area contributed by atoms with Gasteiger partial charge in [0.25, 0.3) is 17.7 Å². The highest BCUT2D eigenvalue weighted by molar-refractivity contribution is 9.10. The van der Waals surface area contributed by atoms with Gasteiger partial charge in [-0.2, -0.15) is 0 Å². The molecule has 1 aliphatic carbocycles. The standard InChI is InChI=1S/C24H20BrN3O3/c25-20-7-3-1-5-18(20)23(30)28-21-8-4-2-6-19(21)24(31)27-16-11-9-15(10-12-16)22(29)26-17-13-14-17/h1-12,17H,13-14H2,(H,26,29)(H,27,31)(H,28,30). The summed E-state index contributed by atoms with van der Waals surface area (Å²) < 4.78 is 0.667. The molecule has 0 spiro atoms. The molecule has 1 fully saturated rings. The fourth-order valence-corrected chi connectivity index (χ4v) is 3.49. The normalized spacial score (nSPS) is 12.7. The van der Waals surface area contributed by atoms with Gasteiger partial charge in [0.15, 0.2) is 0 Å². The fraction of sp³-hybridized carbons (Fsp3) is 0.125. The van der Waals surface area contributed by atoms with Crippen LogP contribution >= 0.6 is 15.9 Å².